The highest BCUT2D eigenvalue weighted by atomic mass is 127. The van der Waals surface area contributed by atoms with Gasteiger partial charge in [0, 0.05) is 30.9 Å². The van der Waals surface area contributed by atoms with Crippen molar-refractivity contribution in [3.05, 3.63) is 16.1 Å². The predicted octanol–water partition coefficient (Wildman–Crippen LogP) is 0.779. The fourth-order valence-electron chi connectivity index (χ4n) is 1.22. The zero-order valence-corrected chi connectivity index (χ0v) is 15.1. The van der Waals surface area contributed by atoms with E-state index >= 15 is 0 Å². The van der Waals surface area contributed by atoms with Crippen molar-refractivity contribution in [3.63, 3.8) is 0 Å². The Morgan fingerprint density at radius 3 is 2.63 bits per heavy atom. The molecule has 1 aromatic rings. The normalized spacial score (nSPS) is 11.8. The highest BCUT2D eigenvalue weighted by Crippen LogP contribution is 2.07. The smallest absolute Gasteiger partial charge is 0.191 e. The van der Waals surface area contributed by atoms with Crippen molar-refractivity contribution in [1.29, 1.82) is 0 Å². The summed E-state index contributed by atoms with van der Waals surface area (Å²) in [5.74, 6) is 0.663. The number of hydrogen-bond acceptors (Lipinski definition) is 5. The molecule has 9 heteroatoms. The summed E-state index contributed by atoms with van der Waals surface area (Å²) in [6.45, 7) is 2.87. The van der Waals surface area contributed by atoms with E-state index in [-0.39, 0.29) is 29.7 Å². The van der Waals surface area contributed by atoms with Gasteiger partial charge in [0.2, 0.25) is 0 Å². The second-order valence-corrected chi connectivity index (χ2v) is 7.07. The van der Waals surface area contributed by atoms with Crippen molar-refractivity contribution in [3.8, 4) is 0 Å². The van der Waals surface area contributed by atoms with Crippen LogP contribution < -0.4 is 10.6 Å². The molecule has 0 spiro atoms. The summed E-state index contributed by atoms with van der Waals surface area (Å²) in [5, 5.41) is 8.97. The number of aromatic nitrogens is 1. The number of sulfone groups is 1. The maximum Gasteiger partial charge on any atom is 0.191 e. The number of rotatable bonds is 5. The first-order valence-electron chi connectivity index (χ1n) is 5.44. The minimum Gasteiger partial charge on any atom is -0.355 e. The third-order valence-corrected chi connectivity index (χ3v) is 3.97. The molecule has 2 N–H and O–H groups in total. The molecule has 0 bridgehead atoms. The molecule has 0 aromatic carbocycles. The minimum atomic E-state index is -2.95. The summed E-state index contributed by atoms with van der Waals surface area (Å²) in [7, 11) is -1.31. The molecule has 6 nitrogen and oxygen atoms in total. The van der Waals surface area contributed by atoms with Gasteiger partial charge in [-0.05, 0) is 6.92 Å². The van der Waals surface area contributed by atoms with E-state index in [1.807, 2.05) is 12.3 Å². The number of thiazole rings is 1. The fraction of sp³-hybridized carbons (Fsp3) is 0.600. The average Bonchev–Trinajstić information content (AvgIpc) is 2.67. The van der Waals surface area contributed by atoms with Gasteiger partial charge in [0.05, 0.1) is 12.3 Å². The molecule has 0 aliphatic heterocycles. The quantitative estimate of drug-likeness (QED) is 0.420. The summed E-state index contributed by atoms with van der Waals surface area (Å²) >= 11 is 1.58. The first kappa shape index (κ1) is 18.6. The molecule has 1 heterocycles. The molecule has 0 saturated carbocycles. The molecule has 19 heavy (non-hydrogen) atoms. The Morgan fingerprint density at radius 1 is 1.47 bits per heavy atom. The van der Waals surface area contributed by atoms with Crippen LogP contribution in [0.2, 0.25) is 0 Å². The van der Waals surface area contributed by atoms with Crippen LogP contribution in [0.3, 0.4) is 0 Å². The molecular formula is C10H19IN4O2S2. The van der Waals surface area contributed by atoms with E-state index in [9.17, 15) is 8.42 Å². The second-order valence-electron chi connectivity index (χ2n) is 3.87. The van der Waals surface area contributed by atoms with Gasteiger partial charge in [0.15, 0.2) is 5.96 Å². The lowest BCUT2D eigenvalue weighted by Gasteiger charge is -2.10. The minimum absolute atomic E-state index is 0. The largest absolute Gasteiger partial charge is 0.355 e. The lowest BCUT2D eigenvalue weighted by atomic mass is 10.5. The van der Waals surface area contributed by atoms with Crippen LogP contribution in [0, 0.1) is 6.92 Å². The van der Waals surface area contributed by atoms with Crippen LogP contribution in [0.15, 0.2) is 10.4 Å². The molecule has 0 aliphatic rings. The standard InChI is InChI=1S/C10H18N4O2S2.HI/c1-8-7-17-9(14-8)6-13-10(11-2)12-4-5-18(3,15)16;/h7H,4-6H2,1-3H3,(H2,11,12,13);1H. The topological polar surface area (TPSA) is 83.5 Å². The van der Waals surface area contributed by atoms with E-state index in [2.05, 4.69) is 20.6 Å². The number of aryl methyl sites for hydroxylation is 1. The van der Waals surface area contributed by atoms with Crippen LogP contribution in [0.1, 0.15) is 10.7 Å². The number of aliphatic imine (C=N–C) groups is 1. The average molecular weight is 418 g/mol. The summed E-state index contributed by atoms with van der Waals surface area (Å²) in [6.07, 6.45) is 1.21. The Kier molecular flexibility index (Phi) is 8.50. The van der Waals surface area contributed by atoms with Crippen molar-refractivity contribution < 1.29 is 8.42 Å². The van der Waals surface area contributed by atoms with Crippen molar-refractivity contribution >= 4 is 51.1 Å². The lowest BCUT2D eigenvalue weighted by Crippen LogP contribution is -2.39. The maximum absolute atomic E-state index is 11.0. The van der Waals surface area contributed by atoms with Crippen molar-refractivity contribution in [2.75, 3.05) is 25.6 Å². The fourth-order valence-corrected chi connectivity index (χ4v) is 2.40. The van der Waals surface area contributed by atoms with Gasteiger partial charge in [-0.25, -0.2) is 13.4 Å². The lowest BCUT2D eigenvalue weighted by molar-refractivity contribution is 0.600. The highest BCUT2D eigenvalue weighted by molar-refractivity contribution is 14.0. The van der Waals surface area contributed by atoms with Crippen LogP contribution in [-0.4, -0.2) is 45.0 Å². The number of nitrogens with zero attached hydrogens (tertiary/aromatic N) is 2. The summed E-state index contributed by atoms with van der Waals surface area (Å²) in [6, 6.07) is 0. The second kappa shape index (κ2) is 8.69. The van der Waals surface area contributed by atoms with Gasteiger partial charge in [0.25, 0.3) is 0 Å². The molecule has 0 atom stereocenters. The van der Waals surface area contributed by atoms with Crippen molar-refractivity contribution in [2.24, 2.45) is 4.99 Å². The van der Waals surface area contributed by atoms with E-state index < -0.39 is 9.84 Å². The van der Waals surface area contributed by atoms with Crippen LogP contribution in [0.4, 0.5) is 0 Å². The monoisotopic (exact) mass is 418 g/mol. The third kappa shape index (κ3) is 8.37. The first-order valence-corrected chi connectivity index (χ1v) is 8.38. The Labute approximate surface area is 135 Å². The zero-order chi connectivity index (χ0) is 13.6. The maximum atomic E-state index is 11.0. The molecule has 0 aliphatic carbocycles. The van der Waals surface area contributed by atoms with E-state index in [0.717, 1.165) is 10.7 Å². The van der Waals surface area contributed by atoms with E-state index in [0.29, 0.717) is 19.0 Å². The SMILES string of the molecule is CN=C(NCCS(C)(=O)=O)NCc1nc(C)cs1.I. The van der Waals surface area contributed by atoms with Gasteiger partial charge in [-0.1, -0.05) is 0 Å². The van der Waals surface area contributed by atoms with E-state index in [1.54, 1.807) is 18.4 Å². The molecule has 0 saturated heterocycles. The molecule has 0 fully saturated rings. The Morgan fingerprint density at radius 2 is 2.16 bits per heavy atom. The van der Waals surface area contributed by atoms with Gasteiger partial charge in [-0.15, -0.1) is 35.3 Å². The molecule has 1 aromatic heterocycles. The van der Waals surface area contributed by atoms with Crippen LogP contribution in [0.5, 0.6) is 0 Å². The van der Waals surface area contributed by atoms with Gasteiger partial charge in [-0.3, -0.25) is 4.99 Å². The van der Waals surface area contributed by atoms with Crippen LogP contribution in [-0.2, 0) is 16.4 Å². The summed E-state index contributed by atoms with van der Waals surface area (Å²) < 4.78 is 21.9. The van der Waals surface area contributed by atoms with E-state index in [1.165, 1.54) is 6.26 Å². The molecule has 110 valence electrons. The van der Waals surface area contributed by atoms with Crippen LogP contribution in [0.25, 0.3) is 0 Å². The first-order chi connectivity index (χ1) is 8.40. The zero-order valence-electron chi connectivity index (χ0n) is 11.1. The Balaban J connectivity index is 0.00000324. The van der Waals surface area contributed by atoms with Gasteiger partial charge >= 0.3 is 0 Å². The highest BCUT2D eigenvalue weighted by Gasteiger charge is 2.04. The van der Waals surface area contributed by atoms with E-state index in [4.69, 9.17) is 0 Å². The number of halogens is 1. The number of hydrogen-bond donors (Lipinski definition) is 2. The van der Waals surface area contributed by atoms with Crippen LogP contribution >= 0.6 is 35.3 Å². The van der Waals surface area contributed by atoms with Crippen molar-refractivity contribution in [2.45, 2.75) is 13.5 Å². The van der Waals surface area contributed by atoms with Gasteiger partial charge in [0.1, 0.15) is 14.8 Å². The van der Waals surface area contributed by atoms with Gasteiger partial charge < -0.3 is 10.6 Å². The Bertz CT molecular complexity index is 513. The molecular weight excluding hydrogens is 399 g/mol. The van der Waals surface area contributed by atoms with Gasteiger partial charge in [-0.2, -0.15) is 0 Å². The Hall–Kier alpha value is -0.420. The number of nitrogens with one attached hydrogen (secondary N) is 2. The van der Waals surface area contributed by atoms with Crippen molar-refractivity contribution in [1.82, 2.24) is 15.6 Å². The summed E-state index contributed by atoms with van der Waals surface area (Å²) in [5.41, 5.74) is 0.997. The third-order valence-electron chi connectivity index (χ3n) is 2.06. The molecule has 0 amide bonds. The molecule has 0 unspecified atom stereocenters. The summed E-state index contributed by atoms with van der Waals surface area (Å²) in [4.78, 5) is 8.32. The molecule has 0 radical (unpaired) electrons. The number of guanidine groups is 1. The predicted molar refractivity (Wildman–Crippen MR) is 90.2 cm³/mol. The molecule has 1 rings (SSSR count).